The van der Waals surface area contributed by atoms with Crippen LogP contribution >= 0.6 is 0 Å². The first-order valence-electron chi connectivity index (χ1n) is 7.32. The molecule has 0 aromatic heterocycles. The molecule has 0 spiro atoms. The van der Waals surface area contributed by atoms with E-state index in [1.165, 1.54) is 6.42 Å². The summed E-state index contributed by atoms with van der Waals surface area (Å²) in [6, 6.07) is 0.536. The van der Waals surface area contributed by atoms with Gasteiger partial charge in [0.25, 0.3) is 5.91 Å². The summed E-state index contributed by atoms with van der Waals surface area (Å²) < 4.78 is 0. The summed E-state index contributed by atoms with van der Waals surface area (Å²) >= 11 is 0. The number of nitrogens with one attached hydrogen (secondary N) is 1. The number of nitrogens with zero attached hydrogens (tertiary/aromatic N) is 2. The van der Waals surface area contributed by atoms with Gasteiger partial charge < -0.3 is 10.0 Å². The molecule has 110 valence electrons. The Kier molecular flexibility index (Phi) is 3.28. The van der Waals surface area contributed by atoms with Crippen molar-refractivity contribution in [2.75, 3.05) is 13.6 Å². The number of aliphatic carboxylic acids is 1. The SMILES string of the molecule is CN1CCC2CC/C(=N\NC(=O)C3(C(=O)O)CC3)C[C@@H]21. The average Bonchev–Trinajstić information content (AvgIpc) is 3.17. The van der Waals surface area contributed by atoms with E-state index in [0.717, 1.165) is 37.4 Å². The van der Waals surface area contributed by atoms with Gasteiger partial charge in [0.1, 0.15) is 5.41 Å². The average molecular weight is 279 g/mol. The van der Waals surface area contributed by atoms with Gasteiger partial charge >= 0.3 is 5.97 Å². The summed E-state index contributed by atoms with van der Waals surface area (Å²) in [4.78, 5) is 25.3. The second kappa shape index (κ2) is 4.84. The molecular weight excluding hydrogens is 258 g/mol. The van der Waals surface area contributed by atoms with E-state index in [1.807, 2.05) is 0 Å². The number of hydrogen-bond donors (Lipinski definition) is 2. The smallest absolute Gasteiger partial charge is 0.319 e. The molecule has 0 bridgehead atoms. The molecule has 2 N–H and O–H groups in total. The number of hydrazone groups is 1. The molecule has 1 saturated heterocycles. The molecule has 6 nitrogen and oxygen atoms in total. The molecule has 3 aliphatic rings. The van der Waals surface area contributed by atoms with E-state index in [4.69, 9.17) is 5.11 Å². The van der Waals surface area contributed by atoms with Crippen LogP contribution in [0.15, 0.2) is 5.10 Å². The Morgan fingerprint density at radius 2 is 2.15 bits per heavy atom. The first-order valence-corrected chi connectivity index (χ1v) is 7.32. The van der Waals surface area contributed by atoms with Gasteiger partial charge in [-0.15, -0.1) is 0 Å². The molecule has 2 saturated carbocycles. The predicted octanol–water partition coefficient (Wildman–Crippen LogP) is 0.828. The first-order chi connectivity index (χ1) is 9.53. The zero-order chi connectivity index (χ0) is 14.3. The lowest BCUT2D eigenvalue weighted by Crippen LogP contribution is -2.38. The second-order valence-corrected chi connectivity index (χ2v) is 6.35. The van der Waals surface area contributed by atoms with Gasteiger partial charge in [0.05, 0.1) is 0 Å². The van der Waals surface area contributed by atoms with Crippen molar-refractivity contribution in [1.29, 1.82) is 0 Å². The van der Waals surface area contributed by atoms with Crippen LogP contribution in [-0.2, 0) is 9.59 Å². The van der Waals surface area contributed by atoms with Crippen LogP contribution in [0.5, 0.6) is 0 Å². The maximum atomic E-state index is 11.9. The number of likely N-dealkylation sites (tertiary alicyclic amines) is 1. The van der Waals surface area contributed by atoms with E-state index in [-0.39, 0.29) is 0 Å². The fraction of sp³-hybridized carbons (Fsp3) is 0.786. The molecular formula is C14H21N3O3. The number of carboxylic acid groups (broad SMARTS) is 1. The molecule has 0 aromatic rings. The minimum absolute atomic E-state index is 0.423. The van der Waals surface area contributed by atoms with E-state index in [9.17, 15) is 9.59 Å². The van der Waals surface area contributed by atoms with Gasteiger partial charge in [-0.2, -0.15) is 5.10 Å². The molecule has 6 heteroatoms. The number of amides is 1. The maximum Gasteiger partial charge on any atom is 0.319 e. The van der Waals surface area contributed by atoms with Crippen LogP contribution in [-0.4, -0.2) is 47.2 Å². The molecule has 20 heavy (non-hydrogen) atoms. The highest BCUT2D eigenvalue weighted by atomic mass is 16.4. The van der Waals surface area contributed by atoms with Crippen LogP contribution in [0.25, 0.3) is 0 Å². The van der Waals surface area contributed by atoms with Crippen molar-refractivity contribution in [3.05, 3.63) is 0 Å². The van der Waals surface area contributed by atoms with Crippen LogP contribution in [0.2, 0.25) is 0 Å². The van der Waals surface area contributed by atoms with Crippen molar-refractivity contribution in [2.24, 2.45) is 16.4 Å². The van der Waals surface area contributed by atoms with Crippen LogP contribution in [0.3, 0.4) is 0 Å². The van der Waals surface area contributed by atoms with Crippen molar-refractivity contribution in [1.82, 2.24) is 10.3 Å². The number of rotatable bonds is 3. The minimum Gasteiger partial charge on any atom is -0.480 e. The molecule has 3 rings (SSSR count). The number of fused-ring (bicyclic) bond motifs is 1. The molecule has 1 unspecified atom stereocenters. The minimum atomic E-state index is -1.20. The van der Waals surface area contributed by atoms with E-state index >= 15 is 0 Å². The highest BCUT2D eigenvalue weighted by Gasteiger charge is 2.57. The molecule has 3 fully saturated rings. The van der Waals surface area contributed by atoms with Gasteiger partial charge in [-0.05, 0) is 51.6 Å². The van der Waals surface area contributed by atoms with E-state index in [1.54, 1.807) is 0 Å². The predicted molar refractivity (Wildman–Crippen MR) is 73.3 cm³/mol. The van der Waals surface area contributed by atoms with E-state index < -0.39 is 17.3 Å². The summed E-state index contributed by atoms with van der Waals surface area (Å²) in [5.74, 6) is -0.739. The van der Waals surface area contributed by atoms with Gasteiger partial charge in [-0.25, -0.2) is 5.43 Å². The Morgan fingerprint density at radius 1 is 1.40 bits per heavy atom. The summed E-state index contributed by atoms with van der Waals surface area (Å²) in [5.41, 5.74) is 2.27. The van der Waals surface area contributed by atoms with Crippen LogP contribution in [0, 0.1) is 11.3 Å². The molecule has 1 heterocycles. The summed E-state index contributed by atoms with van der Waals surface area (Å²) in [6.07, 6.45) is 5.02. The van der Waals surface area contributed by atoms with Crippen molar-refractivity contribution in [3.8, 4) is 0 Å². The highest BCUT2D eigenvalue weighted by Crippen LogP contribution is 2.46. The fourth-order valence-electron chi connectivity index (χ4n) is 3.44. The molecule has 2 aliphatic carbocycles. The fourth-order valence-corrected chi connectivity index (χ4v) is 3.44. The van der Waals surface area contributed by atoms with Gasteiger partial charge in [-0.3, -0.25) is 9.59 Å². The maximum absolute atomic E-state index is 11.9. The Hall–Kier alpha value is -1.43. The zero-order valence-electron chi connectivity index (χ0n) is 11.8. The van der Waals surface area contributed by atoms with Gasteiger partial charge in [0.15, 0.2) is 0 Å². The van der Waals surface area contributed by atoms with Crippen molar-refractivity contribution < 1.29 is 14.7 Å². The van der Waals surface area contributed by atoms with E-state index in [0.29, 0.717) is 18.9 Å². The number of carboxylic acids is 1. The highest BCUT2D eigenvalue weighted by molar-refractivity contribution is 6.05. The van der Waals surface area contributed by atoms with Crippen LogP contribution in [0.1, 0.15) is 38.5 Å². The first kappa shape index (κ1) is 13.5. The Bertz CT molecular complexity index is 470. The largest absolute Gasteiger partial charge is 0.480 e. The van der Waals surface area contributed by atoms with Crippen molar-refractivity contribution in [3.63, 3.8) is 0 Å². The Labute approximate surface area is 118 Å². The molecule has 0 radical (unpaired) electrons. The number of carbonyl (C=O) groups excluding carboxylic acids is 1. The lowest BCUT2D eigenvalue weighted by Gasteiger charge is -2.30. The van der Waals surface area contributed by atoms with Gasteiger partial charge in [0.2, 0.25) is 0 Å². The third-order valence-electron chi connectivity index (χ3n) is 5.12. The van der Waals surface area contributed by atoms with Crippen LogP contribution < -0.4 is 5.43 Å². The summed E-state index contributed by atoms with van der Waals surface area (Å²) in [6.45, 7) is 1.14. The lowest BCUT2D eigenvalue weighted by molar-refractivity contribution is -0.149. The molecule has 1 aliphatic heterocycles. The standard InChI is InChI=1S/C14H21N3O3/c1-17-7-4-9-2-3-10(8-11(9)17)15-16-12(18)14(5-6-14)13(19)20/h9,11H,2-8H2,1H3,(H,16,18)(H,19,20)/b15-10+/t9?,11-/m0/s1. The Morgan fingerprint density at radius 3 is 2.80 bits per heavy atom. The Balaban J connectivity index is 1.60. The normalized spacial score (nSPS) is 33.8. The lowest BCUT2D eigenvalue weighted by atomic mass is 9.84. The van der Waals surface area contributed by atoms with E-state index in [2.05, 4.69) is 22.5 Å². The molecule has 1 amide bonds. The van der Waals surface area contributed by atoms with Crippen molar-refractivity contribution >= 4 is 17.6 Å². The quantitative estimate of drug-likeness (QED) is 0.592. The summed E-state index contributed by atoms with van der Waals surface area (Å²) in [7, 11) is 2.13. The number of hydrogen-bond acceptors (Lipinski definition) is 4. The zero-order valence-corrected chi connectivity index (χ0v) is 11.8. The molecule has 2 atom stereocenters. The van der Waals surface area contributed by atoms with Crippen LogP contribution in [0.4, 0.5) is 0 Å². The molecule has 0 aromatic carbocycles. The second-order valence-electron chi connectivity index (χ2n) is 6.35. The van der Waals surface area contributed by atoms with Gasteiger partial charge in [-0.1, -0.05) is 0 Å². The third kappa shape index (κ3) is 2.22. The summed E-state index contributed by atoms with van der Waals surface area (Å²) in [5, 5.41) is 13.2. The van der Waals surface area contributed by atoms with Gasteiger partial charge in [0, 0.05) is 18.2 Å². The topological polar surface area (TPSA) is 82.0 Å². The monoisotopic (exact) mass is 279 g/mol. The third-order valence-corrected chi connectivity index (χ3v) is 5.12. The number of carbonyl (C=O) groups is 2. The van der Waals surface area contributed by atoms with Crippen molar-refractivity contribution in [2.45, 2.75) is 44.6 Å².